The maximum atomic E-state index is 12.2. The lowest BCUT2D eigenvalue weighted by Gasteiger charge is -2.22. The molecule has 0 aromatic carbocycles. The van der Waals surface area contributed by atoms with E-state index in [-0.39, 0.29) is 0 Å². The molecule has 3 rings (SSSR count). The zero-order chi connectivity index (χ0) is 13.9. The molecule has 5 nitrogen and oxygen atoms in total. The molecule has 114 valence electrons. The van der Waals surface area contributed by atoms with Crippen molar-refractivity contribution in [1.82, 2.24) is 9.80 Å². The molecule has 0 saturated carbocycles. The average molecular weight is 282 g/mol. The Labute approximate surface area is 121 Å². The number of hydrogen-bond acceptors (Lipinski definition) is 4. The third kappa shape index (κ3) is 3.00. The first-order chi connectivity index (χ1) is 9.78. The molecule has 5 heteroatoms. The van der Waals surface area contributed by atoms with Crippen molar-refractivity contribution in [3.8, 4) is 0 Å². The van der Waals surface area contributed by atoms with E-state index in [9.17, 15) is 4.79 Å². The molecule has 3 heterocycles. The average Bonchev–Trinajstić information content (AvgIpc) is 3.13. The Balaban J connectivity index is 1.48. The van der Waals surface area contributed by atoms with Gasteiger partial charge < -0.3 is 14.4 Å². The molecule has 0 spiro atoms. The Morgan fingerprint density at radius 2 is 2.10 bits per heavy atom. The minimum Gasteiger partial charge on any atom is -0.385 e. The van der Waals surface area contributed by atoms with E-state index in [4.69, 9.17) is 9.47 Å². The highest BCUT2D eigenvalue weighted by atomic mass is 16.5. The number of amides is 1. The lowest BCUT2D eigenvalue weighted by atomic mass is 9.91. The SMILES string of the molecule is COCC[C@@H]1CO[C@@H]2CN(CC(=O)N3CCCC3)C[C@H]12. The van der Waals surface area contributed by atoms with Crippen LogP contribution in [0.2, 0.25) is 0 Å². The van der Waals surface area contributed by atoms with Crippen LogP contribution in [0, 0.1) is 11.8 Å². The summed E-state index contributed by atoms with van der Waals surface area (Å²) in [6.45, 7) is 6.09. The van der Waals surface area contributed by atoms with E-state index in [1.807, 2.05) is 4.90 Å². The van der Waals surface area contributed by atoms with Crippen molar-refractivity contribution in [3.63, 3.8) is 0 Å². The van der Waals surface area contributed by atoms with E-state index in [1.165, 1.54) is 12.8 Å². The highest BCUT2D eigenvalue weighted by Crippen LogP contribution is 2.35. The van der Waals surface area contributed by atoms with Crippen molar-refractivity contribution in [2.45, 2.75) is 25.4 Å². The van der Waals surface area contributed by atoms with E-state index in [2.05, 4.69) is 4.90 Å². The van der Waals surface area contributed by atoms with E-state index in [0.29, 0.717) is 30.4 Å². The predicted octanol–water partition coefficient (Wildman–Crippen LogP) is 0.592. The highest BCUT2D eigenvalue weighted by molar-refractivity contribution is 5.78. The molecule has 0 unspecified atom stereocenters. The molecule has 3 aliphatic rings. The highest BCUT2D eigenvalue weighted by Gasteiger charge is 2.43. The smallest absolute Gasteiger partial charge is 0.236 e. The van der Waals surface area contributed by atoms with Gasteiger partial charge in [0.25, 0.3) is 0 Å². The van der Waals surface area contributed by atoms with E-state index >= 15 is 0 Å². The third-order valence-electron chi connectivity index (χ3n) is 5.02. The Kier molecular flexibility index (Phi) is 4.58. The lowest BCUT2D eigenvalue weighted by Crippen LogP contribution is -2.38. The molecule has 0 aliphatic carbocycles. The van der Waals surface area contributed by atoms with Crippen LogP contribution in [0.4, 0.5) is 0 Å². The summed E-state index contributed by atoms with van der Waals surface area (Å²) in [6.07, 6.45) is 3.74. The number of carbonyl (C=O) groups excluding carboxylic acids is 1. The second-order valence-electron chi connectivity index (χ2n) is 6.36. The van der Waals surface area contributed by atoms with Gasteiger partial charge in [-0.1, -0.05) is 0 Å². The minimum absolute atomic E-state index is 0.302. The topological polar surface area (TPSA) is 42.0 Å². The van der Waals surface area contributed by atoms with Crippen LogP contribution in [-0.2, 0) is 14.3 Å². The Morgan fingerprint density at radius 1 is 1.30 bits per heavy atom. The first-order valence-electron chi connectivity index (χ1n) is 7.88. The van der Waals surface area contributed by atoms with Crippen LogP contribution in [0.25, 0.3) is 0 Å². The van der Waals surface area contributed by atoms with Crippen molar-refractivity contribution >= 4 is 5.91 Å². The van der Waals surface area contributed by atoms with Gasteiger partial charge in [-0.15, -0.1) is 0 Å². The number of hydrogen-bond donors (Lipinski definition) is 0. The molecule has 0 N–H and O–H groups in total. The molecule has 3 atom stereocenters. The molecule has 0 aromatic heterocycles. The number of carbonyl (C=O) groups is 1. The van der Waals surface area contributed by atoms with Crippen LogP contribution >= 0.6 is 0 Å². The molecular weight excluding hydrogens is 256 g/mol. The van der Waals surface area contributed by atoms with Gasteiger partial charge in [-0.05, 0) is 25.2 Å². The van der Waals surface area contributed by atoms with Gasteiger partial charge in [0, 0.05) is 45.8 Å². The maximum absolute atomic E-state index is 12.2. The zero-order valence-electron chi connectivity index (χ0n) is 12.4. The predicted molar refractivity (Wildman–Crippen MR) is 75.5 cm³/mol. The Hall–Kier alpha value is -0.650. The van der Waals surface area contributed by atoms with Gasteiger partial charge in [-0.25, -0.2) is 0 Å². The number of likely N-dealkylation sites (tertiary alicyclic amines) is 2. The molecule has 1 amide bonds. The molecule has 3 fully saturated rings. The maximum Gasteiger partial charge on any atom is 0.236 e. The monoisotopic (exact) mass is 282 g/mol. The summed E-state index contributed by atoms with van der Waals surface area (Å²) < 4.78 is 11.1. The fourth-order valence-corrected chi connectivity index (χ4v) is 3.83. The molecule has 0 radical (unpaired) electrons. The van der Waals surface area contributed by atoms with Crippen LogP contribution in [0.5, 0.6) is 0 Å². The molecular formula is C15H26N2O3. The van der Waals surface area contributed by atoms with Crippen LogP contribution in [-0.4, -0.2) is 74.9 Å². The number of fused-ring (bicyclic) bond motifs is 1. The second-order valence-corrected chi connectivity index (χ2v) is 6.36. The van der Waals surface area contributed by atoms with Gasteiger partial charge in [0.2, 0.25) is 5.91 Å². The van der Waals surface area contributed by atoms with Crippen molar-refractivity contribution < 1.29 is 14.3 Å². The quantitative estimate of drug-likeness (QED) is 0.740. The number of nitrogens with zero attached hydrogens (tertiary/aromatic N) is 2. The standard InChI is InChI=1S/C15H26N2O3/c1-19-7-4-12-11-20-14-9-16(8-13(12)14)10-15(18)17-5-2-3-6-17/h12-14H,2-11H2,1H3/t12-,13-,14-/m1/s1. The largest absolute Gasteiger partial charge is 0.385 e. The van der Waals surface area contributed by atoms with Crippen LogP contribution in [0.3, 0.4) is 0 Å². The van der Waals surface area contributed by atoms with E-state index in [1.54, 1.807) is 7.11 Å². The van der Waals surface area contributed by atoms with Crippen LogP contribution < -0.4 is 0 Å². The fraction of sp³-hybridized carbons (Fsp3) is 0.933. The van der Waals surface area contributed by atoms with E-state index < -0.39 is 0 Å². The van der Waals surface area contributed by atoms with Gasteiger partial charge in [0.05, 0.1) is 19.3 Å². The summed E-state index contributed by atoms with van der Waals surface area (Å²) in [6, 6.07) is 0. The van der Waals surface area contributed by atoms with Crippen molar-refractivity contribution in [1.29, 1.82) is 0 Å². The summed E-state index contributed by atoms with van der Waals surface area (Å²) in [7, 11) is 1.75. The van der Waals surface area contributed by atoms with Gasteiger partial charge in [0.1, 0.15) is 0 Å². The van der Waals surface area contributed by atoms with Crippen LogP contribution in [0.1, 0.15) is 19.3 Å². The Bertz CT molecular complexity index is 344. The molecule has 0 aromatic rings. The summed E-state index contributed by atoms with van der Waals surface area (Å²) in [4.78, 5) is 16.5. The summed E-state index contributed by atoms with van der Waals surface area (Å²) in [5.41, 5.74) is 0. The van der Waals surface area contributed by atoms with Gasteiger partial charge >= 0.3 is 0 Å². The van der Waals surface area contributed by atoms with Gasteiger partial charge in [-0.2, -0.15) is 0 Å². The number of ether oxygens (including phenoxy) is 2. The third-order valence-corrected chi connectivity index (χ3v) is 5.02. The van der Waals surface area contributed by atoms with Crippen molar-refractivity contribution in [3.05, 3.63) is 0 Å². The zero-order valence-corrected chi connectivity index (χ0v) is 12.4. The summed E-state index contributed by atoms with van der Waals surface area (Å²) in [5.74, 6) is 1.50. The second kappa shape index (κ2) is 6.41. The molecule has 3 aliphatic heterocycles. The number of rotatable bonds is 5. The molecule has 20 heavy (non-hydrogen) atoms. The van der Waals surface area contributed by atoms with Crippen molar-refractivity contribution in [2.24, 2.45) is 11.8 Å². The normalized spacial score (nSPS) is 33.9. The van der Waals surface area contributed by atoms with Gasteiger partial charge in [-0.3, -0.25) is 9.69 Å². The van der Waals surface area contributed by atoms with Gasteiger partial charge in [0.15, 0.2) is 0 Å². The fourth-order valence-electron chi connectivity index (χ4n) is 3.83. The Morgan fingerprint density at radius 3 is 2.85 bits per heavy atom. The van der Waals surface area contributed by atoms with E-state index in [0.717, 1.165) is 45.8 Å². The first kappa shape index (κ1) is 14.3. The molecule has 3 saturated heterocycles. The van der Waals surface area contributed by atoms with Crippen LogP contribution in [0.15, 0.2) is 0 Å². The number of methoxy groups -OCH3 is 1. The summed E-state index contributed by atoms with van der Waals surface area (Å²) >= 11 is 0. The first-order valence-corrected chi connectivity index (χ1v) is 7.88. The minimum atomic E-state index is 0.302. The lowest BCUT2D eigenvalue weighted by molar-refractivity contribution is -0.131. The molecule has 0 bridgehead atoms. The summed E-state index contributed by atoms with van der Waals surface area (Å²) in [5, 5.41) is 0. The van der Waals surface area contributed by atoms with Crippen molar-refractivity contribution in [2.75, 3.05) is 53.0 Å².